The van der Waals surface area contributed by atoms with Gasteiger partial charge in [0, 0.05) is 38.2 Å². The molecule has 1 unspecified atom stereocenters. The lowest BCUT2D eigenvalue weighted by atomic mass is 9.97. The molecule has 0 spiro atoms. The molecule has 0 aliphatic carbocycles. The van der Waals surface area contributed by atoms with Crippen molar-refractivity contribution in [3.63, 3.8) is 0 Å². The second-order valence-electron chi connectivity index (χ2n) is 9.12. The van der Waals surface area contributed by atoms with Crippen LogP contribution in [0.3, 0.4) is 0 Å². The number of nitrogens with zero attached hydrogens (tertiary/aromatic N) is 2. The van der Waals surface area contributed by atoms with E-state index >= 15 is 4.39 Å². The van der Waals surface area contributed by atoms with E-state index in [0.717, 1.165) is 31.7 Å². The van der Waals surface area contributed by atoms with Gasteiger partial charge in [0.25, 0.3) is 0 Å². The molecule has 0 bridgehead atoms. The third-order valence-electron chi connectivity index (χ3n) is 5.46. The van der Waals surface area contributed by atoms with Crippen LogP contribution in [0.5, 0.6) is 0 Å². The molecule has 1 aliphatic heterocycles. The van der Waals surface area contributed by atoms with E-state index in [4.69, 9.17) is 21.5 Å². The lowest BCUT2D eigenvalue weighted by molar-refractivity contribution is 0.00700. The summed E-state index contributed by atoms with van der Waals surface area (Å²) in [5, 5.41) is 13.0. The van der Waals surface area contributed by atoms with Gasteiger partial charge in [0.15, 0.2) is 0 Å². The van der Waals surface area contributed by atoms with Crippen LogP contribution in [0.4, 0.5) is 10.1 Å². The molecule has 1 saturated heterocycles. The summed E-state index contributed by atoms with van der Waals surface area (Å²) in [6.07, 6.45) is 1.61. The molecule has 0 saturated carbocycles. The highest BCUT2D eigenvalue weighted by atomic mass is 35.5. The number of ether oxygens (including phenoxy) is 1. The second-order valence-corrected chi connectivity index (χ2v) is 9.72. The number of hydrogen-bond acceptors (Lipinski definition) is 6. The van der Waals surface area contributed by atoms with Gasteiger partial charge in [-0.25, -0.2) is 9.18 Å². The number of esters is 1. The number of piperazine rings is 1. The topological polar surface area (TPSA) is 74.2 Å². The lowest BCUT2D eigenvalue weighted by Crippen LogP contribution is -2.44. The van der Waals surface area contributed by atoms with Crippen LogP contribution in [0.25, 0.3) is 0 Å². The quantitative estimate of drug-likeness (QED) is 0.197. The van der Waals surface area contributed by atoms with E-state index in [-0.39, 0.29) is 12.0 Å². The third kappa shape index (κ3) is 6.68. The van der Waals surface area contributed by atoms with Crippen LogP contribution in [-0.2, 0) is 16.3 Å². The first-order valence-corrected chi connectivity index (χ1v) is 11.5. The van der Waals surface area contributed by atoms with Crippen LogP contribution in [-0.4, -0.2) is 49.2 Å². The molecular weight excluding hydrogens is 445 g/mol. The molecule has 6 nitrogen and oxygen atoms in total. The molecule has 33 heavy (non-hydrogen) atoms. The SMILES string of the molecule is CC(C)(C)OC(=O)c1cc(C(F)(Cl)CCc2ccccc2/C=N/O)ccc1N1CCNCC1. The number of rotatable bonds is 7. The Morgan fingerprint density at radius 2 is 1.94 bits per heavy atom. The zero-order valence-corrected chi connectivity index (χ0v) is 20.0. The summed E-state index contributed by atoms with van der Waals surface area (Å²) in [5.74, 6) is -0.505. The number of alkyl halides is 2. The highest BCUT2D eigenvalue weighted by Gasteiger charge is 2.32. The van der Waals surface area contributed by atoms with E-state index in [2.05, 4.69) is 15.4 Å². The smallest absolute Gasteiger partial charge is 0.340 e. The van der Waals surface area contributed by atoms with Crippen molar-refractivity contribution in [2.45, 2.75) is 44.3 Å². The lowest BCUT2D eigenvalue weighted by Gasteiger charge is -2.32. The van der Waals surface area contributed by atoms with Crippen LogP contribution < -0.4 is 10.2 Å². The molecule has 0 amide bonds. The Hall–Kier alpha value is -2.64. The van der Waals surface area contributed by atoms with Crippen LogP contribution >= 0.6 is 11.6 Å². The van der Waals surface area contributed by atoms with Gasteiger partial charge in [-0.05, 0) is 50.5 Å². The van der Waals surface area contributed by atoms with Gasteiger partial charge in [0.2, 0.25) is 5.13 Å². The second kappa shape index (κ2) is 10.5. The molecule has 1 fully saturated rings. The number of aryl methyl sites for hydroxylation is 1. The summed E-state index contributed by atoms with van der Waals surface area (Å²) in [6.45, 7) is 8.47. The maximum Gasteiger partial charge on any atom is 0.340 e. The summed E-state index contributed by atoms with van der Waals surface area (Å²) < 4.78 is 21.3. The third-order valence-corrected chi connectivity index (χ3v) is 5.86. The maximum absolute atomic E-state index is 15.7. The molecule has 1 heterocycles. The fourth-order valence-electron chi connectivity index (χ4n) is 3.83. The monoisotopic (exact) mass is 475 g/mol. The molecule has 2 aromatic rings. The van der Waals surface area contributed by atoms with Gasteiger partial charge in [-0.1, -0.05) is 47.1 Å². The Morgan fingerprint density at radius 3 is 2.61 bits per heavy atom. The molecule has 2 aromatic carbocycles. The number of carbonyl (C=O) groups excluding carboxylic acids is 1. The van der Waals surface area contributed by atoms with Crippen molar-refractivity contribution in [3.8, 4) is 0 Å². The minimum atomic E-state index is -2.19. The minimum absolute atomic E-state index is 0.0222. The molecular formula is C25H31ClFN3O3. The van der Waals surface area contributed by atoms with Gasteiger partial charge < -0.3 is 20.2 Å². The number of oxime groups is 1. The summed E-state index contributed by atoms with van der Waals surface area (Å²) in [4.78, 5) is 15.1. The first-order valence-electron chi connectivity index (χ1n) is 11.1. The summed E-state index contributed by atoms with van der Waals surface area (Å²) >= 11 is 6.36. The summed E-state index contributed by atoms with van der Waals surface area (Å²) in [5.41, 5.74) is 2.04. The Kier molecular flexibility index (Phi) is 7.97. The van der Waals surface area contributed by atoms with Gasteiger partial charge >= 0.3 is 5.97 Å². The minimum Gasteiger partial charge on any atom is -0.456 e. The maximum atomic E-state index is 15.7. The largest absolute Gasteiger partial charge is 0.456 e. The Bertz CT molecular complexity index is 999. The van der Waals surface area contributed by atoms with Gasteiger partial charge in [0.05, 0.1) is 17.5 Å². The Balaban J connectivity index is 1.89. The van der Waals surface area contributed by atoms with Crippen molar-refractivity contribution in [3.05, 3.63) is 64.7 Å². The Labute approximate surface area is 199 Å². The average Bonchev–Trinajstić information content (AvgIpc) is 2.78. The van der Waals surface area contributed by atoms with Crippen molar-refractivity contribution >= 4 is 29.5 Å². The number of carbonyl (C=O) groups is 1. The van der Waals surface area contributed by atoms with Gasteiger partial charge in [-0.2, -0.15) is 0 Å². The molecule has 8 heteroatoms. The highest BCUT2D eigenvalue weighted by molar-refractivity contribution is 6.23. The van der Waals surface area contributed by atoms with Crippen molar-refractivity contribution < 1.29 is 19.1 Å². The van der Waals surface area contributed by atoms with E-state index in [1.807, 2.05) is 18.2 Å². The van der Waals surface area contributed by atoms with E-state index < -0.39 is 16.7 Å². The molecule has 2 N–H and O–H groups in total. The van der Waals surface area contributed by atoms with Crippen LogP contribution in [0.2, 0.25) is 0 Å². The number of anilines is 1. The fraction of sp³-hybridized carbons (Fsp3) is 0.440. The van der Waals surface area contributed by atoms with E-state index in [9.17, 15) is 4.79 Å². The first kappa shape index (κ1) is 25.0. The zero-order valence-electron chi connectivity index (χ0n) is 19.3. The summed E-state index contributed by atoms with van der Waals surface area (Å²) in [7, 11) is 0. The van der Waals surface area contributed by atoms with E-state index in [0.29, 0.717) is 23.2 Å². The standard InChI is InChI=1S/C25H31ClFN3O3/c1-24(2,3)33-23(31)21-16-20(8-9-22(21)30-14-12-28-13-15-30)25(26,27)11-10-18-6-4-5-7-19(18)17-29-32/h4-9,16-17,28,32H,10-15H2,1-3H3/b29-17+. The number of nitrogens with one attached hydrogen (secondary N) is 1. The molecule has 0 aromatic heterocycles. The predicted molar refractivity (Wildman–Crippen MR) is 129 cm³/mol. The molecule has 1 aliphatic rings. The fourth-order valence-corrected chi connectivity index (χ4v) is 4.04. The molecule has 3 rings (SSSR count). The predicted octanol–water partition coefficient (Wildman–Crippen LogP) is 4.85. The van der Waals surface area contributed by atoms with Gasteiger partial charge in [-0.3, -0.25) is 0 Å². The molecule has 1 atom stereocenters. The Morgan fingerprint density at radius 1 is 1.24 bits per heavy atom. The number of halogens is 2. The van der Waals surface area contributed by atoms with E-state index in [1.165, 1.54) is 12.3 Å². The normalized spacial score (nSPS) is 16.6. The summed E-state index contributed by atoms with van der Waals surface area (Å²) in [6, 6.07) is 12.2. The van der Waals surface area contributed by atoms with E-state index in [1.54, 1.807) is 39.0 Å². The van der Waals surface area contributed by atoms with Crippen molar-refractivity contribution in [1.29, 1.82) is 0 Å². The van der Waals surface area contributed by atoms with Crippen molar-refractivity contribution in [2.24, 2.45) is 5.16 Å². The number of hydrogen-bond donors (Lipinski definition) is 2. The van der Waals surface area contributed by atoms with Gasteiger partial charge in [-0.15, -0.1) is 0 Å². The molecule has 0 radical (unpaired) electrons. The van der Waals surface area contributed by atoms with Crippen LogP contribution in [0.15, 0.2) is 47.6 Å². The van der Waals surface area contributed by atoms with Crippen molar-refractivity contribution in [1.82, 2.24) is 5.32 Å². The first-order chi connectivity index (χ1) is 15.6. The molecule has 178 valence electrons. The van der Waals surface area contributed by atoms with Gasteiger partial charge in [0.1, 0.15) is 5.60 Å². The highest BCUT2D eigenvalue weighted by Crippen LogP contribution is 2.38. The van der Waals surface area contributed by atoms with Crippen molar-refractivity contribution in [2.75, 3.05) is 31.1 Å². The van der Waals surface area contributed by atoms with Crippen LogP contribution in [0, 0.1) is 0 Å². The average molecular weight is 476 g/mol. The zero-order chi connectivity index (χ0) is 24.1. The number of benzene rings is 2. The van der Waals surface area contributed by atoms with Crippen LogP contribution in [0.1, 0.15) is 54.2 Å².